The first-order chi connectivity index (χ1) is 18.9. The highest BCUT2D eigenvalue weighted by atomic mass is 35.5. The first-order valence-corrected chi connectivity index (χ1v) is 14.5. The molecule has 0 radical (unpaired) electrons. The van der Waals surface area contributed by atoms with Gasteiger partial charge in [0.25, 0.3) is 0 Å². The number of nitrogens with zero attached hydrogens (tertiary/aromatic N) is 2. The van der Waals surface area contributed by atoms with Gasteiger partial charge in [0.05, 0.1) is 13.2 Å². The van der Waals surface area contributed by atoms with Gasteiger partial charge in [0.1, 0.15) is 36.2 Å². The molecule has 0 atom stereocenters. The fourth-order valence-electron chi connectivity index (χ4n) is 5.14. The lowest BCUT2D eigenvalue weighted by molar-refractivity contribution is -0.696. The number of hydrogen-bond acceptors (Lipinski definition) is 2. The number of ether oxygens (including phenoxy) is 2. The van der Waals surface area contributed by atoms with Gasteiger partial charge < -0.3 is 21.9 Å². The number of aromatic nitrogens is 2. The molecule has 40 heavy (non-hydrogen) atoms. The second-order valence-electron chi connectivity index (χ2n) is 11.1. The summed E-state index contributed by atoms with van der Waals surface area (Å²) in [7, 11) is 0. The van der Waals surface area contributed by atoms with Crippen molar-refractivity contribution in [3.63, 3.8) is 0 Å². The maximum absolute atomic E-state index is 6.30. The van der Waals surface area contributed by atoms with Crippen LogP contribution in [-0.4, -0.2) is 11.2 Å². The van der Waals surface area contributed by atoms with Gasteiger partial charge in [0, 0.05) is 11.1 Å². The highest BCUT2D eigenvalue weighted by molar-refractivity contribution is 5.51. The number of unbranched alkanes of at least 4 members (excludes halogenated alkanes) is 1. The molecule has 0 fully saturated rings. The van der Waals surface area contributed by atoms with Crippen LogP contribution in [-0.2, 0) is 19.6 Å². The zero-order chi connectivity index (χ0) is 27.8. The van der Waals surface area contributed by atoms with Crippen LogP contribution in [0, 0.1) is 6.92 Å². The Balaban J connectivity index is 0.00000441. The average Bonchev–Trinajstić information content (AvgIpc) is 3.41. The third kappa shape index (κ3) is 7.91. The van der Waals surface area contributed by atoms with Crippen LogP contribution in [0.2, 0.25) is 0 Å². The van der Waals surface area contributed by atoms with Gasteiger partial charge in [-0.3, -0.25) is 0 Å². The molecule has 0 unspecified atom stereocenters. The summed E-state index contributed by atoms with van der Waals surface area (Å²) in [5.41, 5.74) is 7.64. The van der Waals surface area contributed by atoms with Crippen molar-refractivity contribution in [1.29, 1.82) is 0 Å². The fourth-order valence-corrected chi connectivity index (χ4v) is 5.14. The van der Waals surface area contributed by atoms with Crippen LogP contribution < -0.4 is 26.4 Å². The first kappa shape index (κ1) is 31.3. The van der Waals surface area contributed by atoms with Crippen molar-refractivity contribution in [2.45, 2.75) is 85.8 Å². The average molecular weight is 561 g/mol. The van der Waals surface area contributed by atoms with E-state index in [4.69, 9.17) is 9.47 Å². The molecule has 214 valence electrons. The van der Waals surface area contributed by atoms with E-state index in [0.717, 1.165) is 42.9 Å². The molecule has 3 aromatic carbocycles. The van der Waals surface area contributed by atoms with Gasteiger partial charge in [-0.25, -0.2) is 9.13 Å². The van der Waals surface area contributed by atoms with Crippen molar-refractivity contribution in [2.75, 3.05) is 6.61 Å². The summed E-state index contributed by atoms with van der Waals surface area (Å²) < 4.78 is 17.0. The Kier molecular flexibility index (Phi) is 11.7. The zero-order valence-electron chi connectivity index (χ0n) is 25.0. The molecular weight excluding hydrogens is 516 g/mol. The standard InChI is InChI=1S/C35H45N2O2.ClH/c1-7-30-23-31(39-24-29-14-9-8-10-15-29)22-28(6)35(30)38-21-12-11-18-36-19-20-37(25-36)34-32(26(2)3)16-13-17-33(34)27(4)5;/h8-10,13-17,19-20,22-23,25-27H,7,11-12,18,21,24H2,1-6H3;1H/q+1;/p-1. The molecule has 4 aromatic rings. The molecule has 0 aliphatic rings. The molecular formula is C35H45ClN2O2. The van der Waals surface area contributed by atoms with Gasteiger partial charge in [0.2, 0.25) is 6.33 Å². The van der Waals surface area contributed by atoms with E-state index in [9.17, 15) is 0 Å². The predicted octanol–water partition coefficient (Wildman–Crippen LogP) is 5.32. The van der Waals surface area contributed by atoms with Crippen molar-refractivity contribution >= 4 is 0 Å². The van der Waals surface area contributed by atoms with E-state index in [-0.39, 0.29) is 12.4 Å². The lowest BCUT2D eigenvalue weighted by atomic mass is 9.92. The number of hydrogen-bond donors (Lipinski definition) is 0. The lowest BCUT2D eigenvalue weighted by Crippen LogP contribution is -3.00. The molecule has 0 bridgehead atoms. The van der Waals surface area contributed by atoms with E-state index in [1.807, 2.05) is 18.2 Å². The van der Waals surface area contributed by atoms with Crippen molar-refractivity contribution in [3.05, 3.63) is 107 Å². The monoisotopic (exact) mass is 560 g/mol. The maximum atomic E-state index is 6.30. The van der Waals surface area contributed by atoms with E-state index in [1.54, 1.807) is 0 Å². The van der Waals surface area contributed by atoms with E-state index < -0.39 is 0 Å². The zero-order valence-corrected chi connectivity index (χ0v) is 25.7. The van der Waals surface area contributed by atoms with Crippen molar-refractivity contribution in [3.8, 4) is 17.2 Å². The topological polar surface area (TPSA) is 27.3 Å². The largest absolute Gasteiger partial charge is 1.00 e. The predicted molar refractivity (Wildman–Crippen MR) is 160 cm³/mol. The van der Waals surface area contributed by atoms with Gasteiger partial charge >= 0.3 is 0 Å². The van der Waals surface area contributed by atoms with E-state index >= 15 is 0 Å². The molecule has 5 heteroatoms. The Hall–Kier alpha value is -3.24. The van der Waals surface area contributed by atoms with Crippen molar-refractivity contribution in [1.82, 2.24) is 4.57 Å². The van der Waals surface area contributed by atoms with Gasteiger partial charge in [-0.1, -0.05) is 83.1 Å². The summed E-state index contributed by atoms with van der Waals surface area (Å²) in [6.45, 7) is 15.7. The van der Waals surface area contributed by atoms with E-state index in [1.165, 1.54) is 27.9 Å². The van der Waals surface area contributed by atoms with Crippen LogP contribution in [0.15, 0.2) is 79.4 Å². The Labute approximate surface area is 247 Å². The quantitative estimate of drug-likeness (QED) is 0.163. The molecule has 4 rings (SSSR count). The molecule has 0 saturated carbocycles. The van der Waals surface area contributed by atoms with Crippen LogP contribution in [0.5, 0.6) is 11.5 Å². The lowest BCUT2D eigenvalue weighted by Gasteiger charge is -2.16. The molecule has 0 aliphatic heterocycles. The normalized spacial score (nSPS) is 11.1. The second-order valence-corrected chi connectivity index (χ2v) is 11.1. The SMILES string of the molecule is CCc1cc(OCc2ccccc2)cc(C)c1OCCCC[n+]1ccn(-c2c(C(C)C)cccc2C(C)C)c1.[Cl-]. The molecule has 1 aromatic heterocycles. The molecule has 0 aliphatic carbocycles. The number of benzene rings is 3. The molecule has 1 heterocycles. The molecule has 0 saturated heterocycles. The van der Waals surface area contributed by atoms with E-state index in [2.05, 4.69) is 112 Å². The van der Waals surface area contributed by atoms with Crippen LogP contribution in [0.4, 0.5) is 0 Å². The second kappa shape index (κ2) is 14.9. The fraction of sp³-hybridized carbons (Fsp3) is 0.400. The maximum Gasteiger partial charge on any atom is 0.248 e. The summed E-state index contributed by atoms with van der Waals surface area (Å²) in [4.78, 5) is 0. The summed E-state index contributed by atoms with van der Waals surface area (Å²) >= 11 is 0. The Morgan fingerprint density at radius 1 is 0.850 bits per heavy atom. The first-order valence-electron chi connectivity index (χ1n) is 14.5. The Morgan fingerprint density at radius 2 is 1.55 bits per heavy atom. The van der Waals surface area contributed by atoms with Gasteiger partial charge in [-0.15, -0.1) is 0 Å². The molecule has 4 nitrogen and oxygen atoms in total. The van der Waals surface area contributed by atoms with Gasteiger partial charge in [-0.05, 0) is 66.8 Å². The minimum absolute atomic E-state index is 0. The van der Waals surface area contributed by atoms with Gasteiger partial charge in [0.15, 0.2) is 0 Å². The van der Waals surface area contributed by atoms with Crippen LogP contribution in [0.25, 0.3) is 5.69 Å². The van der Waals surface area contributed by atoms with Crippen LogP contribution in [0.1, 0.15) is 87.1 Å². The molecule has 0 amide bonds. The number of para-hydroxylation sites is 1. The van der Waals surface area contributed by atoms with Crippen LogP contribution in [0.3, 0.4) is 0 Å². The van der Waals surface area contributed by atoms with Crippen molar-refractivity contribution < 1.29 is 26.4 Å². The number of rotatable bonds is 13. The minimum Gasteiger partial charge on any atom is -1.00 e. The van der Waals surface area contributed by atoms with E-state index in [0.29, 0.717) is 25.0 Å². The minimum atomic E-state index is 0. The van der Waals surface area contributed by atoms with Gasteiger partial charge in [-0.2, -0.15) is 0 Å². The number of aryl methyl sites for hydroxylation is 3. The molecule has 0 spiro atoms. The van der Waals surface area contributed by atoms with Crippen LogP contribution >= 0.6 is 0 Å². The smallest absolute Gasteiger partial charge is 0.248 e. The van der Waals surface area contributed by atoms with Crippen molar-refractivity contribution in [2.24, 2.45) is 0 Å². The highest BCUT2D eigenvalue weighted by Crippen LogP contribution is 2.31. The third-order valence-electron chi connectivity index (χ3n) is 7.30. The Bertz CT molecular complexity index is 1320. The summed E-state index contributed by atoms with van der Waals surface area (Å²) in [5, 5.41) is 0. The Morgan fingerprint density at radius 3 is 2.20 bits per heavy atom. The summed E-state index contributed by atoms with van der Waals surface area (Å²) in [6.07, 6.45) is 9.61. The number of imidazole rings is 1. The highest BCUT2D eigenvalue weighted by Gasteiger charge is 2.20. The molecule has 0 N–H and O–H groups in total. The number of halogens is 1. The third-order valence-corrected chi connectivity index (χ3v) is 7.30. The summed E-state index contributed by atoms with van der Waals surface area (Å²) in [5.74, 6) is 2.87. The summed E-state index contributed by atoms with van der Waals surface area (Å²) in [6, 6.07) is 21.2.